The third kappa shape index (κ3) is 4.17. The maximum absolute atomic E-state index is 12.5. The second-order valence-electron chi connectivity index (χ2n) is 6.63. The van der Waals surface area contributed by atoms with Gasteiger partial charge in [-0.2, -0.15) is 0 Å². The molecule has 4 nitrogen and oxygen atoms in total. The van der Waals surface area contributed by atoms with Crippen LogP contribution >= 0.6 is 0 Å². The first-order valence-corrected chi connectivity index (χ1v) is 9.23. The van der Waals surface area contributed by atoms with E-state index in [0.29, 0.717) is 11.3 Å². The second kappa shape index (κ2) is 8.52. The van der Waals surface area contributed by atoms with Crippen LogP contribution in [-0.2, 0) is 9.59 Å². The zero-order valence-electron chi connectivity index (χ0n) is 15.2. The number of amides is 1. The third-order valence-electron chi connectivity index (χ3n) is 4.60. The summed E-state index contributed by atoms with van der Waals surface area (Å²) < 4.78 is 5.62. The van der Waals surface area contributed by atoms with E-state index in [-0.39, 0.29) is 17.8 Å². The Kier molecular flexibility index (Phi) is 6.12. The minimum absolute atomic E-state index is 0.0719. The van der Waals surface area contributed by atoms with Crippen molar-refractivity contribution in [3.8, 4) is 5.75 Å². The van der Waals surface area contributed by atoms with Crippen molar-refractivity contribution in [1.29, 1.82) is 0 Å². The monoisotopic (exact) mass is 350 g/mol. The Morgan fingerprint density at radius 1 is 1.15 bits per heavy atom. The van der Waals surface area contributed by atoms with Crippen molar-refractivity contribution in [3.05, 3.63) is 61.4 Å². The van der Waals surface area contributed by atoms with Crippen molar-refractivity contribution in [2.24, 2.45) is 5.92 Å². The Morgan fingerprint density at radius 3 is 2.50 bits per heavy atom. The summed E-state index contributed by atoms with van der Waals surface area (Å²) in [6.07, 6.45) is 13.2. The van der Waals surface area contributed by atoms with Gasteiger partial charge in [0.2, 0.25) is 0 Å². The van der Waals surface area contributed by atoms with E-state index in [9.17, 15) is 9.59 Å². The van der Waals surface area contributed by atoms with Gasteiger partial charge >= 0.3 is 5.97 Å². The molecule has 0 spiro atoms. The minimum atomic E-state index is -0.188. The van der Waals surface area contributed by atoms with Crippen LogP contribution in [0.5, 0.6) is 5.75 Å². The molecule has 0 atom stereocenters. The molecule has 0 aromatic heterocycles. The number of ether oxygens (including phenoxy) is 1. The SMILES string of the molecule is CCCC(CCC)C(=O)Oc1ccc2c(c1)/C(=C/[C]1[CH][CH][CH][CH]1)C(=O)N2. The number of allylic oxidation sites excluding steroid dienone is 1. The van der Waals surface area contributed by atoms with Gasteiger partial charge in [-0.15, -0.1) is 0 Å². The molecule has 1 aromatic rings. The number of carbonyl (C=O) groups excluding carboxylic acids is 2. The fourth-order valence-corrected chi connectivity index (χ4v) is 3.30. The molecule has 1 aliphatic carbocycles. The number of esters is 1. The molecule has 4 heteroatoms. The molecule has 0 bridgehead atoms. The standard InChI is InChI=1S/C22H24NO3/c1-3-7-16(8-4-2)22(25)26-17-11-12-20-18(14-17)19(21(24)23-20)13-15-9-5-6-10-15/h5-6,9-14,16H,3-4,7-8H2,1-2H3,(H,23,24)/b19-13-. The highest BCUT2D eigenvalue weighted by Crippen LogP contribution is 2.37. The van der Waals surface area contributed by atoms with Crippen LogP contribution in [0.3, 0.4) is 0 Å². The molecule has 1 N–H and O–H groups in total. The second-order valence-corrected chi connectivity index (χ2v) is 6.63. The van der Waals surface area contributed by atoms with Crippen LogP contribution in [0.1, 0.15) is 45.1 Å². The first-order chi connectivity index (χ1) is 12.6. The zero-order valence-corrected chi connectivity index (χ0v) is 15.2. The van der Waals surface area contributed by atoms with Crippen LogP contribution in [0, 0.1) is 37.5 Å². The fraction of sp³-hybridized carbons (Fsp3) is 0.318. The molecule has 135 valence electrons. The van der Waals surface area contributed by atoms with Crippen molar-refractivity contribution in [1.82, 2.24) is 0 Å². The number of carbonyl (C=O) groups is 2. The van der Waals surface area contributed by atoms with Crippen LogP contribution < -0.4 is 10.1 Å². The number of anilines is 1. The summed E-state index contributed by atoms with van der Waals surface area (Å²) in [4.78, 5) is 24.8. The molecular formula is C22H24NO3. The normalized spacial score (nSPS) is 18.4. The van der Waals surface area contributed by atoms with Gasteiger partial charge in [0.15, 0.2) is 0 Å². The van der Waals surface area contributed by atoms with Gasteiger partial charge < -0.3 is 10.1 Å². The number of fused-ring (bicyclic) bond motifs is 1. The molecule has 1 aromatic carbocycles. The molecule has 1 aliphatic heterocycles. The number of nitrogens with one attached hydrogen (secondary N) is 1. The quantitative estimate of drug-likeness (QED) is 0.446. The van der Waals surface area contributed by atoms with E-state index in [4.69, 9.17) is 4.74 Å². The van der Waals surface area contributed by atoms with Gasteiger partial charge in [-0.05, 0) is 56.7 Å². The summed E-state index contributed by atoms with van der Waals surface area (Å²) in [5.41, 5.74) is 2.10. The molecule has 0 saturated heterocycles. The fourth-order valence-electron chi connectivity index (χ4n) is 3.30. The largest absolute Gasteiger partial charge is 0.426 e. The Hall–Kier alpha value is -2.10. The lowest BCUT2D eigenvalue weighted by atomic mass is 9.98. The molecule has 3 rings (SSSR count). The van der Waals surface area contributed by atoms with Gasteiger partial charge in [-0.1, -0.05) is 32.8 Å². The van der Waals surface area contributed by atoms with Gasteiger partial charge in [0.1, 0.15) is 5.75 Å². The molecule has 0 unspecified atom stereocenters. The van der Waals surface area contributed by atoms with Crippen LogP contribution in [0.2, 0.25) is 0 Å². The highest BCUT2D eigenvalue weighted by Gasteiger charge is 2.27. The first-order valence-electron chi connectivity index (χ1n) is 9.23. The summed E-state index contributed by atoms with van der Waals surface area (Å²) in [6.45, 7) is 4.15. The predicted octanol–water partition coefficient (Wildman–Crippen LogP) is 4.55. The first kappa shape index (κ1) is 18.7. The predicted molar refractivity (Wildman–Crippen MR) is 102 cm³/mol. The van der Waals surface area contributed by atoms with Crippen molar-refractivity contribution in [2.75, 3.05) is 5.32 Å². The third-order valence-corrected chi connectivity index (χ3v) is 4.60. The van der Waals surface area contributed by atoms with Gasteiger partial charge in [-0.25, -0.2) is 0 Å². The number of rotatable bonds is 7. The molecule has 1 fully saturated rings. The van der Waals surface area contributed by atoms with Gasteiger partial charge in [-0.3, -0.25) is 9.59 Å². The lowest BCUT2D eigenvalue weighted by Crippen LogP contribution is -2.20. The van der Waals surface area contributed by atoms with E-state index in [2.05, 4.69) is 19.2 Å². The zero-order chi connectivity index (χ0) is 18.5. The summed E-state index contributed by atoms with van der Waals surface area (Å²) >= 11 is 0. The number of benzene rings is 1. The summed E-state index contributed by atoms with van der Waals surface area (Å²) in [5.74, 6) is 1.05. The van der Waals surface area contributed by atoms with E-state index < -0.39 is 0 Å². The van der Waals surface area contributed by atoms with E-state index in [1.165, 1.54) is 0 Å². The Balaban J connectivity index is 1.78. The van der Waals surface area contributed by atoms with Gasteiger partial charge in [0.25, 0.3) is 5.91 Å². The van der Waals surface area contributed by atoms with Crippen molar-refractivity contribution >= 4 is 23.1 Å². The summed E-state index contributed by atoms with van der Waals surface area (Å²) in [6, 6.07) is 5.29. The van der Waals surface area contributed by atoms with E-state index in [1.807, 2.05) is 31.8 Å². The Labute approximate surface area is 156 Å². The molecule has 26 heavy (non-hydrogen) atoms. The highest BCUT2D eigenvalue weighted by atomic mass is 16.5. The maximum atomic E-state index is 12.5. The van der Waals surface area contributed by atoms with E-state index in [0.717, 1.165) is 42.9 Å². The lowest BCUT2D eigenvalue weighted by Gasteiger charge is -2.14. The Morgan fingerprint density at radius 2 is 1.85 bits per heavy atom. The lowest BCUT2D eigenvalue weighted by molar-refractivity contribution is -0.139. The minimum Gasteiger partial charge on any atom is -0.426 e. The van der Waals surface area contributed by atoms with Gasteiger partial charge in [0, 0.05) is 22.7 Å². The van der Waals surface area contributed by atoms with E-state index >= 15 is 0 Å². The summed E-state index contributed by atoms with van der Waals surface area (Å²) in [5, 5.41) is 2.86. The number of hydrogen-bond donors (Lipinski definition) is 1. The Bertz CT molecular complexity index is 695. The van der Waals surface area contributed by atoms with Crippen LogP contribution in [0.25, 0.3) is 5.57 Å². The molecule has 1 amide bonds. The molecule has 5 radical (unpaired) electrons. The van der Waals surface area contributed by atoms with Crippen molar-refractivity contribution < 1.29 is 14.3 Å². The van der Waals surface area contributed by atoms with Crippen LogP contribution in [0.15, 0.2) is 24.3 Å². The average Bonchev–Trinajstić information content (AvgIpc) is 3.24. The van der Waals surface area contributed by atoms with Crippen molar-refractivity contribution in [3.63, 3.8) is 0 Å². The molecule has 1 heterocycles. The van der Waals surface area contributed by atoms with Crippen molar-refractivity contribution in [2.45, 2.75) is 39.5 Å². The maximum Gasteiger partial charge on any atom is 0.314 e. The number of hydrogen-bond acceptors (Lipinski definition) is 3. The molecule has 1 saturated carbocycles. The van der Waals surface area contributed by atoms with Gasteiger partial charge in [0.05, 0.1) is 5.92 Å². The summed E-state index contributed by atoms with van der Waals surface area (Å²) in [7, 11) is 0. The van der Waals surface area contributed by atoms with E-state index in [1.54, 1.807) is 18.2 Å². The molecular weight excluding hydrogens is 326 g/mol. The smallest absolute Gasteiger partial charge is 0.314 e. The topological polar surface area (TPSA) is 55.4 Å². The van der Waals surface area contributed by atoms with Crippen LogP contribution in [0.4, 0.5) is 5.69 Å². The van der Waals surface area contributed by atoms with Crippen LogP contribution in [-0.4, -0.2) is 11.9 Å². The molecule has 2 aliphatic rings. The average molecular weight is 350 g/mol. The highest BCUT2D eigenvalue weighted by molar-refractivity contribution is 6.32.